The van der Waals surface area contributed by atoms with Crippen molar-refractivity contribution < 1.29 is 37.5 Å². The second-order valence-electron chi connectivity index (χ2n) is 8.50. The molecule has 1 heterocycles. The van der Waals surface area contributed by atoms with Gasteiger partial charge in [0.25, 0.3) is 8.53 Å². The molecule has 9 nitrogen and oxygen atoms in total. The summed E-state index contributed by atoms with van der Waals surface area (Å²) in [6.07, 6.45) is 0. The number of hydrogen-bond acceptors (Lipinski definition) is 10. The average molecular weight is 600 g/mol. The second kappa shape index (κ2) is 13.9. The first-order valence-electron chi connectivity index (χ1n) is 12.9. The van der Waals surface area contributed by atoms with Crippen molar-refractivity contribution in [3.05, 3.63) is 59.7 Å². The van der Waals surface area contributed by atoms with Crippen molar-refractivity contribution in [1.29, 1.82) is 0 Å². The summed E-state index contributed by atoms with van der Waals surface area (Å²) in [5, 5.41) is 4.06. The van der Waals surface area contributed by atoms with Gasteiger partial charge in [0.2, 0.25) is 5.75 Å². The molecule has 0 aliphatic carbocycles. The number of ketones is 1. The molecule has 0 aliphatic heterocycles. The van der Waals surface area contributed by atoms with E-state index >= 15 is 0 Å². The Hall–Kier alpha value is -3.56. The van der Waals surface area contributed by atoms with Gasteiger partial charge in [-0.15, -0.1) is 11.3 Å². The molecule has 0 saturated carbocycles. The van der Waals surface area contributed by atoms with Crippen LogP contribution in [0.3, 0.4) is 0 Å². The van der Waals surface area contributed by atoms with Crippen LogP contribution in [-0.4, -0.2) is 54.5 Å². The third kappa shape index (κ3) is 6.21. The summed E-state index contributed by atoms with van der Waals surface area (Å²) in [5.41, 5.74) is 2.39. The Morgan fingerprint density at radius 1 is 0.780 bits per heavy atom. The molecule has 1 aromatic heterocycles. The van der Waals surface area contributed by atoms with E-state index in [2.05, 4.69) is 5.09 Å². The summed E-state index contributed by atoms with van der Waals surface area (Å²) in [6, 6.07) is 14.8. The van der Waals surface area contributed by atoms with Crippen molar-refractivity contribution in [2.24, 2.45) is 0 Å². The molecule has 0 atom stereocenters. The first kappa shape index (κ1) is 30.4. The van der Waals surface area contributed by atoms with E-state index in [4.69, 9.17) is 32.7 Å². The SMILES string of the molecule is CCOP(Nc1cc(-c2sc3cccc(OC)c3c2C(=O)c2cc(OC)c(OC)c(OC)c2)ccc1OC)OCC. The lowest BCUT2D eigenvalue weighted by atomic mass is 9.96. The summed E-state index contributed by atoms with van der Waals surface area (Å²) in [6.45, 7) is 4.80. The van der Waals surface area contributed by atoms with Gasteiger partial charge in [-0.2, -0.15) is 0 Å². The average Bonchev–Trinajstić information content (AvgIpc) is 3.40. The second-order valence-corrected chi connectivity index (χ2v) is 10.8. The molecule has 0 unspecified atom stereocenters. The molecule has 218 valence electrons. The van der Waals surface area contributed by atoms with E-state index in [-0.39, 0.29) is 5.78 Å². The number of fused-ring (bicyclic) bond motifs is 1. The number of thiophene rings is 1. The highest BCUT2D eigenvalue weighted by molar-refractivity contribution is 7.49. The molecule has 0 amide bonds. The molecule has 11 heteroatoms. The third-order valence-electron chi connectivity index (χ3n) is 6.22. The highest BCUT2D eigenvalue weighted by Crippen LogP contribution is 2.48. The van der Waals surface area contributed by atoms with Gasteiger partial charge in [0, 0.05) is 20.5 Å². The predicted octanol–water partition coefficient (Wildman–Crippen LogP) is 7.55. The van der Waals surface area contributed by atoms with Gasteiger partial charge in [0.1, 0.15) is 11.5 Å². The van der Waals surface area contributed by atoms with Crippen LogP contribution in [0, 0.1) is 0 Å². The molecule has 3 aromatic carbocycles. The minimum atomic E-state index is -1.39. The fourth-order valence-corrected chi connectivity index (χ4v) is 6.69. The van der Waals surface area contributed by atoms with Gasteiger partial charge in [-0.25, -0.2) is 0 Å². The minimum absolute atomic E-state index is 0.216. The highest BCUT2D eigenvalue weighted by atomic mass is 32.1. The maximum Gasteiger partial charge on any atom is 0.287 e. The van der Waals surface area contributed by atoms with Crippen LogP contribution in [0.25, 0.3) is 20.5 Å². The summed E-state index contributed by atoms with van der Waals surface area (Å²) < 4.78 is 40.3. The summed E-state index contributed by atoms with van der Waals surface area (Å²) in [5.74, 6) is 2.19. The lowest BCUT2D eigenvalue weighted by Crippen LogP contribution is -2.06. The standard InChI is InChI=1S/C30H34NO8PS/c1-8-38-40(39-9-2)31-20-15-18(13-14-21(20)33-3)30-27(26-22(34-4)11-10-12-25(26)41-30)28(32)19-16-23(35-5)29(37-7)24(17-19)36-6/h10-17,31H,8-9H2,1-7H3. The Bertz CT molecular complexity index is 1490. The quantitative estimate of drug-likeness (QED) is 0.116. The third-order valence-corrected chi connectivity index (χ3v) is 8.83. The Kier molecular flexibility index (Phi) is 10.3. The summed E-state index contributed by atoms with van der Waals surface area (Å²) in [7, 11) is 6.37. The fourth-order valence-electron chi connectivity index (χ4n) is 4.43. The first-order valence-corrected chi connectivity index (χ1v) is 14.9. The molecule has 0 fully saturated rings. The van der Waals surface area contributed by atoms with E-state index in [1.54, 1.807) is 26.4 Å². The van der Waals surface area contributed by atoms with Crippen molar-refractivity contribution in [3.8, 4) is 39.2 Å². The van der Waals surface area contributed by atoms with Gasteiger partial charge in [-0.1, -0.05) is 6.07 Å². The molecule has 4 rings (SSSR count). The number of rotatable bonds is 14. The zero-order chi connectivity index (χ0) is 29.5. The van der Waals surface area contributed by atoms with Gasteiger partial charge < -0.3 is 37.8 Å². The van der Waals surface area contributed by atoms with E-state index in [0.717, 1.165) is 20.5 Å². The van der Waals surface area contributed by atoms with Crippen LogP contribution >= 0.6 is 19.9 Å². The Labute approximate surface area is 245 Å². The molecule has 0 bridgehead atoms. The van der Waals surface area contributed by atoms with Gasteiger partial charge in [0.05, 0.1) is 60.0 Å². The number of hydrogen-bond donors (Lipinski definition) is 1. The Morgan fingerprint density at radius 3 is 1.98 bits per heavy atom. The van der Waals surface area contributed by atoms with Crippen LogP contribution in [0.4, 0.5) is 5.69 Å². The fraction of sp³-hybridized carbons (Fsp3) is 0.300. The van der Waals surface area contributed by atoms with Crippen molar-refractivity contribution in [3.63, 3.8) is 0 Å². The number of methoxy groups -OCH3 is 5. The zero-order valence-electron chi connectivity index (χ0n) is 24.2. The van der Waals surface area contributed by atoms with Crippen LogP contribution in [0.2, 0.25) is 0 Å². The number of nitrogens with one attached hydrogen (secondary N) is 1. The summed E-state index contributed by atoms with van der Waals surface area (Å²) >= 11 is 1.50. The molecular weight excluding hydrogens is 565 g/mol. The molecule has 0 saturated heterocycles. The highest BCUT2D eigenvalue weighted by Gasteiger charge is 2.27. The largest absolute Gasteiger partial charge is 0.496 e. The zero-order valence-corrected chi connectivity index (χ0v) is 25.9. The smallest absolute Gasteiger partial charge is 0.287 e. The molecule has 0 spiro atoms. The normalized spacial score (nSPS) is 11.0. The molecule has 1 N–H and O–H groups in total. The van der Waals surface area contributed by atoms with Gasteiger partial charge in [-0.05, 0) is 61.9 Å². The topological polar surface area (TPSA) is 93.7 Å². The summed E-state index contributed by atoms with van der Waals surface area (Å²) in [4.78, 5) is 15.2. The monoisotopic (exact) mass is 599 g/mol. The van der Waals surface area contributed by atoms with Gasteiger partial charge in [0.15, 0.2) is 17.3 Å². The molecule has 41 heavy (non-hydrogen) atoms. The first-order chi connectivity index (χ1) is 19.9. The van der Waals surface area contributed by atoms with Crippen LogP contribution in [0.5, 0.6) is 28.7 Å². The molecule has 0 radical (unpaired) electrons. The number of carbonyl (C=O) groups is 1. The number of anilines is 1. The maximum absolute atomic E-state index is 14.4. The van der Waals surface area contributed by atoms with Crippen molar-refractivity contribution in [1.82, 2.24) is 0 Å². The van der Waals surface area contributed by atoms with Crippen molar-refractivity contribution in [2.45, 2.75) is 13.8 Å². The predicted molar refractivity (Wildman–Crippen MR) is 164 cm³/mol. The number of ether oxygens (including phenoxy) is 5. The van der Waals surface area contributed by atoms with E-state index in [0.29, 0.717) is 58.8 Å². The lowest BCUT2D eigenvalue weighted by Gasteiger charge is -2.19. The Morgan fingerprint density at radius 2 is 1.41 bits per heavy atom. The molecular formula is C30H34NO8PS. The number of carbonyl (C=O) groups excluding carboxylic acids is 1. The van der Waals surface area contributed by atoms with Crippen LogP contribution in [0.15, 0.2) is 48.5 Å². The van der Waals surface area contributed by atoms with Crippen molar-refractivity contribution in [2.75, 3.05) is 53.9 Å². The number of benzene rings is 3. The van der Waals surface area contributed by atoms with E-state index in [1.165, 1.54) is 32.7 Å². The van der Waals surface area contributed by atoms with Crippen molar-refractivity contribution >= 4 is 41.4 Å². The maximum atomic E-state index is 14.4. The van der Waals surface area contributed by atoms with E-state index in [9.17, 15) is 4.79 Å². The van der Waals surface area contributed by atoms with Crippen LogP contribution in [0.1, 0.15) is 29.8 Å². The van der Waals surface area contributed by atoms with E-state index < -0.39 is 8.53 Å². The molecule has 0 aliphatic rings. The van der Waals surface area contributed by atoms with Crippen LogP contribution < -0.4 is 28.8 Å². The molecule has 4 aromatic rings. The lowest BCUT2D eigenvalue weighted by molar-refractivity contribution is 0.104. The van der Waals surface area contributed by atoms with Gasteiger partial charge >= 0.3 is 0 Å². The minimum Gasteiger partial charge on any atom is -0.496 e. The van der Waals surface area contributed by atoms with Gasteiger partial charge in [-0.3, -0.25) is 4.79 Å². The van der Waals surface area contributed by atoms with E-state index in [1.807, 2.05) is 50.2 Å². The Balaban J connectivity index is 1.94. The van der Waals surface area contributed by atoms with Crippen LogP contribution in [-0.2, 0) is 9.05 Å².